The maximum absolute atomic E-state index is 11.6. The summed E-state index contributed by atoms with van der Waals surface area (Å²) in [6.07, 6.45) is 21.5. The lowest BCUT2D eigenvalue weighted by atomic mass is 10.0. The highest BCUT2D eigenvalue weighted by Gasteiger charge is 2.00. The zero-order valence-electron chi connectivity index (χ0n) is 17.2. The van der Waals surface area contributed by atoms with E-state index in [1.54, 1.807) is 0 Å². The number of unbranched alkanes of at least 4 members (excludes halogenated alkanes) is 14. The molecule has 0 aliphatic carbocycles. The average molecular weight is 367 g/mol. The maximum atomic E-state index is 11.6. The van der Waals surface area contributed by atoms with Crippen LogP contribution in [0.25, 0.3) is 10.4 Å². The summed E-state index contributed by atoms with van der Waals surface area (Å²) < 4.78 is 0. The van der Waals surface area contributed by atoms with Crippen LogP contribution in [0, 0.1) is 0 Å². The normalized spacial score (nSPS) is 10.5. The average Bonchev–Trinajstić information content (AvgIpc) is 2.64. The van der Waals surface area contributed by atoms with Gasteiger partial charge >= 0.3 is 0 Å². The first-order valence-corrected chi connectivity index (χ1v) is 11.1. The topological polar surface area (TPSA) is 77.9 Å². The van der Waals surface area contributed by atoms with Gasteiger partial charge in [-0.15, -0.1) is 0 Å². The molecule has 1 amide bonds. The third-order valence-corrected chi connectivity index (χ3v) is 4.83. The number of hydrogen-bond donors (Lipinski definition) is 1. The molecule has 5 nitrogen and oxygen atoms in total. The zero-order valence-corrected chi connectivity index (χ0v) is 17.2. The molecular formula is C21H42N4O. The standard InChI is InChI=1S/C21H42N4O/c1-2-3-4-5-6-7-8-9-10-11-12-13-14-15-16-18-21(26)23-19-17-20-24-25-22/h2-20H2,1H3,(H,23,26). The number of azide groups is 1. The Kier molecular flexibility index (Phi) is 20.8. The maximum Gasteiger partial charge on any atom is 0.219 e. The van der Waals surface area contributed by atoms with Crippen molar-refractivity contribution in [3.63, 3.8) is 0 Å². The third-order valence-electron chi connectivity index (χ3n) is 4.83. The van der Waals surface area contributed by atoms with Crippen LogP contribution in [0.5, 0.6) is 0 Å². The van der Waals surface area contributed by atoms with Crippen molar-refractivity contribution in [1.82, 2.24) is 5.32 Å². The molecule has 26 heavy (non-hydrogen) atoms. The van der Waals surface area contributed by atoms with Crippen LogP contribution >= 0.6 is 0 Å². The Morgan fingerprint density at radius 3 is 1.69 bits per heavy atom. The summed E-state index contributed by atoms with van der Waals surface area (Å²) in [5.41, 5.74) is 8.15. The van der Waals surface area contributed by atoms with E-state index in [0.717, 1.165) is 12.8 Å². The predicted molar refractivity (Wildman–Crippen MR) is 111 cm³/mol. The van der Waals surface area contributed by atoms with Gasteiger partial charge in [-0.2, -0.15) is 0 Å². The molecule has 0 rings (SSSR count). The molecule has 0 aliphatic rings. The summed E-state index contributed by atoms with van der Waals surface area (Å²) in [5, 5.41) is 6.31. The minimum Gasteiger partial charge on any atom is -0.356 e. The van der Waals surface area contributed by atoms with E-state index in [2.05, 4.69) is 22.3 Å². The van der Waals surface area contributed by atoms with Gasteiger partial charge in [0.25, 0.3) is 0 Å². The Balaban J connectivity index is 3.12. The van der Waals surface area contributed by atoms with E-state index in [-0.39, 0.29) is 5.91 Å². The Bertz CT molecular complexity index is 354. The number of nitrogens with zero attached hydrogens (tertiary/aromatic N) is 3. The first-order chi connectivity index (χ1) is 12.8. The molecule has 0 radical (unpaired) electrons. The molecule has 0 atom stereocenters. The number of carbonyl (C=O) groups excluding carboxylic acids is 1. The number of rotatable bonds is 20. The van der Waals surface area contributed by atoms with E-state index in [1.807, 2.05) is 0 Å². The highest BCUT2D eigenvalue weighted by molar-refractivity contribution is 5.75. The smallest absolute Gasteiger partial charge is 0.219 e. The molecule has 0 saturated heterocycles. The van der Waals surface area contributed by atoms with Gasteiger partial charge in [0.15, 0.2) is 0 Å². The lowest BCUT2D eigenvalue weighted by Crippen LogP contribution is -2.24. The zero-order chi connectivity index (χ0) is 19.1. The molecule has 0 aliphatic heterocycles. The van der Waals surface area contributed by atoms with Crippen molar-refractivity contribution in [1.29, 1.82) is 0 Å². The molecule has 0 spiro atoms. The minimum absolute atomic E-state index is 0.126. The van der Waals surface area contributed by atoms with E-state index in [0.29, 0.717) is 25.9 Å². The Labute approximate surface area is 161 Å². The van der Waals surface area contributed by atoms with Crippen LogP contribution in [0.3, 0.4) is 0 Å². The third kappa shape index (κ3) is 20.8. The van der Waals surface area contributed by atoms with Crippen molar-refractivity contribution in [2.24, 2.45) is 5.11 Å². The van der Waals surface area contributed by atoms with Crippen molar-refractivity contribution >= 4 is 5.91 Å². The molecule has 0 bridgehead atoms. The molecule has 0 aromatic carbocycles. The number of amides is 1. The fourth-order valence-electron chi connectivity index (χ4n) is 3.17. The highest BCUT2D eigenvalue weighted by Crippen LogP contribution is 2.13. The van der Waals surface area contributed by atoms with Crippen molar-refractivity contribution in [3.05, 3.63) is 10.4 Å². The predicted octanol–water partition coefficient (Wildman–Crippen LogP) is 7.06. The van der Waals surface area contributed by atoms with Gasteiger partial charge in [0, 0.05) is 24.4 Å². The summed E-state index contributed by atoms with van der Waals surface area (Å²) in [6, 6.07) is 0. The molecule has 5 heteroatoms. The monoisotopic (exact) mass is 366 g/mol. The summed E-state index contributed by atoms with van der Waals surface area (Å²) in [6.45, 7) is 3.33. The molecule has 0 saturated carbocycles. The Morgan fingerprint density at radius 1 is 0.769 bits per heavy atom. The van der Waals surface area contributed by atoms with Gasteiger partial charge in [-0.3, -0.25) is 4.79 Å². The van der Waals surface area contributed by atoms with Crippen molar-refractivity contribution in [2.75, 3.05) is 13.1 Å². The molecule has 0 unspecified atom stereocenters. The summed E-state index contributed by atoms with van der Waals surface area (Å²) >= 11 is 0. The second-order valence-corrected chi connectivity index (χ2v) is 7.36. The van der Waals surface area contributed by atoms with Gasteiger partial charge in [-0.1, -0.05) is 102 Å². The first-order valence-electron chi connectivity index (χ1n) is 11.1. The molecule has 1 N–H and O–H groups in total. The summed E-state index contributed by atoms with van der Waals surface area (Å²) in [7, 11) is 0. The lowest BCUT2D eigenvalue weighted by molar-refractivity contribution is -0.121. The van der Waals surface area contributed by atoms with Gasteiger partial charge in [-0.25, -0.2) is 0 Å². The molecule has 0 aromatic rings. The quantitative estimate of drug-likeness (QED) is 0.106. The van der Waals surface area contributed by atoms with Crippen LogP contribution < -0.4 is 5.32 Å². The van der Waals surface area contributed by atoms with Crippen molar-refractivity contribution in [3.8, 4) is 0 Å². The van der Waals surface area contributed by atoms with E-state index in [4.69, 9.17) is 5.53 Å². The highest BCUT2D eigenvalue weighted by atomic mass is 16.1. The van der Waals surface area contributed by atoms with Crippen LogP contribution in [0.4, 0.5) is 0 Å². The molecule has 152 valence electrons. The van der Waals surface area contributed by atoms with Crippen molar-refractivity contribution in [2.45, 2.75) is 116 Å². The van der Waals surface area contributed by atoms with E-state index in [1.165, 1.54) is 83.5 Å². The SMILES string of the molecule is CCCCCCCCCCCCCCCCCC(=O)NCCCN=[N+]=[N-]. The largest absolute Gasteiger partial charge is 0.356 e. The minimum atomic E-state index is 0.126. The van der Waals surface area contributed by atoms with E-state index in [9.17, 15) is 4.79 Å². The molecule has 0 heterocycles. The molecular weight excluding hydrogens is 324 g/mol. The first kappa shape index (κ1) is 24.8. The fourth-order valence-corrected chi connectivity index (χ4v) is 3.17. The fraction of sp³-hybridized carbons (Fsp3) is 0.952. The molecule has 0 fully saturated rings. The lowest BCUT2D eigenvalue weighted by Gasteiger charge is -2.05. The van der Waals surface area contributed by atoms with E-state index < -0.39 is 0 Å². The number of hydrogen-bond acceptors (Lipinski definition) is 2. The Morgan fingerprint density at radius 2 is 1.23 bits per heavy atom. The van der Waals surface area contributed by atoms with Crippen LogP contribution in [-0.4, -0.2) is 19.0 Å². The van der Waals surface area contributed by atoms with Crippen LogP contribution in [0.2, 0.25) is 0 Å². The van der Waals surface area contributed by atoms with Crippen molar-refractivity contribution < 1.29 is 4.79 Å². The van der Waals surface area contributed by atoms with Gasteiger partial charge in [0.2, 0.25) is 5.91 Å². The summed E-state index contributed by atoms with van der Waals surface area (Å²) in [5.74, 6) is 0.126. The second-order valence-electron chi connectivity index (χ2n) is 7.36. The van der Waals surface area contributed by atoms with Gasteiger partial charge < -0.3 is 5.32 Å². The van der Waals surface area contributed by atoms with Crippen LogP contribution in [-0.2, 0) is 4.79 Å². The molecule has 0 aromatic heterocycles. The van der Waals surface area contributed by atoms with Gasteiger partial charge in [0.1, 0.15) is 0 Å². The van der Waals surface area contributed by atoms with Crippen LogP contribution in [0.1, 0.15) is 116 Å². The van der Waals surface area contributed by atoms with Gasteiger partial charge in [0.05, 0.1) is 0 Å². The van der Waals surface area contributed by atoms with Gasteiger partial charge in [-0.05, 0) is 18.4 Å². The second kappa shape index (κ2) is 21.8. The number of nitrogens with one attached hydrogen (secondary N) is 1. The summed E-state index contributed by atoms with van der Waals surface area (Å²) in [4.78, 5) is 14.3. The number of carbonyl (C=O) groups is 1. The Hall–Kier alpha value is -1.22. The van der Waals surface area contributed by atoms with Crippen LogP contribution in [0.15, 0.2) is 5.11 Å². The van der Waals surface area contributed by atoms with E-state index >= 15 is 0 Å².